The standard InChI is InChI=1S/C15H31N3/c1-13(2)15(6-7-16-11-15)12-18(4)10-14-5-8-17(3)9-14/h13-14,16H,5-12H2,1-4H3. The molecule has 106 valence electrons. The lowest BCUT2D eigenvalue weighted by Crippen LogP contribution is -2.42. The van der Waals surface area contributed by atoms with Crippen molar-refractivity contribution < 1.29 is 0 Å². The van der Waals surface area contributed by atoms with Crippen LogP contribution in [0.4, 0.5) is 0 Å². The number of nitrogens with zero attached hydrogens (tertiary/aromatic N) is 2. The predicted molar refractivity (Wildman–Crippen MR) is 77.9 cm³/mol. The van der Waals surface area contributed by atoms with E-state index in [2.05, 4.69) is 43.1 Å². The zero-order valence-electron chi connectivity index (χ0n) is 12.7. The molecule has 2 rings (SSSR count). The summed E-state index contributed by atoms with van der Waals surface area (Å²) in [6.45, 7) is 12.3. The molecule has 0 aromatic heterocycles. The molecule has 0 bridgehead atoms. The third kappa shape index (κ3) is 3.25. The number of likely N-dealkylation sites (tertiary alicyclic amines) is 1. The van der Waals surface area contributed by atoms with E-state index in [1.165, 1.54) is 52.1 Å². The van der Waals surface area contributed by atoms with Crippen LogP contribution in [0.1, 0.15) is 26.7 Å². The second-order valence-electron chi connectivity index (χ2n) is 7.06. The molecule has 2 heterocycles. The maximum absolute atomic E-state index is 3.57. The van der Waals surface area contributed by atoms with Gasteiger partial charge in [0.25, 0.3) is 0 Å². The third-order valence-corrected chi connectivity index (χ3v) is 5.15. The predicted octanol–water partition coefficient (Wildman–Crippen LogP) is 1.51. The average molecular weight is 253 g/mol. The SMILES string of the molecule is CC(C)C1(CN(C)CC2CCN(C)C2)CCNC1. The minimum absolute atomic E-state index is 0.513. The van der Waals surface area contributed by atoms with Crippen LogP contribution in [0.2, 0.25) is 0 Å². The van der Waals surface area contributed by atoms with Gasteiger partial charge in [0, 0.05) is 26.2 Å². The molecule has 0 aromatic rings. The van der Waals surface area contributed by atoms with Crippen LogP contribution < -0.4 is 5.32 Å². The van der Waals surface area contributed by atoms with Gasteiger partial charge in [-0.15, -0.1) is 0 Å². The van der Waals surface area contributed by atoms with E-state index in [4.69, 9.17) is 0 Å². The van der Waals surface area contributed by atoms with E-state index in [-0.39, 0.29) is 0 Å². The lowest BCUT2D eigenvalue weighted by atomic mass is 9.76. The van der Waals surface area contributed by atoms with Gasteiger partial charge in [-0.2, -0.15) is 0 Å². The minimum Gasteiger partial charge on any atom is -0.316 e. The van der Waals surface area contributed by atoms with Gasteiger partial charge >= 0.3 is 0 Å². The number of nitrogens with one attached hydrogen (secondary N) is 1. The summed E-state index contributed by atoms with van der Waals surface area (Å²) >= 11 is 0. The van der Waals surface area contributed by atoms with Crippen molar-refractivity contribution in [3.05, 3.63) is 0 Å². The maximum Gasteiger partial charge on any atom is 0.00502 e. The van der Waals surface area contributed by atoms with Crippen LogP contribution in [0.25, 0.3) is 0 Å². The third-order valence-electron chi connectivity index (χ3n) is 5.15. The van der Waals surface area contributed by atoms with Crippen LogP contribution in [0, 0.1) is 17.3 Å². The molecule has 0 saturated carbocycles. The van der Waals surface area contributed by atoms with Gasteiger partial charge in [0.05, 0.1) is 0 Å². The lowest BCUT2D eigenvalue weighted by molar-refractivity contribution is 0.125. The Kier molecular flexibility index (Phi) is 4.68. The average Bonchev–Trinajstić information content (AvgIpc) is 2.89. The van der Waals surface area contributed by atoms with Crippen molar-refractivity contribution in [3.8, 4) is 0 Å². The van der Waals surface area contributed by atoms with Gasteiger partial charge in [0.2, 0.25) is 0 Å². The minimum atomic E-state index is 0.513. The Balaban J connectivity index is 1.83. The van der Waals surface area contributed by atoms with Crippen LogP contribution in [-0.2, 0) is 0 Å². The van der Waals surface area contributed by atoms with E-state index in [9.17, 15) is 0 Å². The van der Waals surface area contributed by atoms with Crippen LogP contribution in [0.3, 0.4) is 0 Å². The largest absolute Gasteiger partial charge is 0.316 e. The molecule has 0 aromatic carbocycles. The summed E-state index contributed by atoms with van der Waals surface area (Å²) in [6, 6.07) is 0. The van der Waals surface area contributed by atoms with E-state index in [0.29, 0.717) is 5.41 Å². The van der Waals surface area contributed by atoms with Crippen molar-refractivity contribution in [2.24, 2.45) is 17.3 Å². The zero-order chi connectivity index (χ0) is 13.2. The van der Waals surface area contributed by atoms with E-state index < -0.39 is 0 Å². The van der Waals surface area contributed by atoms with Gasteiger partial charge in [-0.3, -0.25) is 0 Å². The van der Waals surface area contributed by atoms with Gasteiger partial charge in [0.15, 0.2) is 0 Å². The molecule has 2 unspecified atom stereocenters. The maximum atomic E-state index is 3.57. The molecular formula is C15H31N3. The number of hydrogen-bond acceptors (Lipinski definition) is 3. The smallest absolute Gasteiger partial charge is 0.00502 e. The second-order valence-corrected chi connectivity index (χ2v) is 7.06. The molecule has 3 nitrogen and oxygen atoms in total. The van der Waals surface area contributed by atoms with E-state index >= 15 is 0 Å². The van der Waals surface area contributed by atoms with Crippen molar-refractivity contribution in [3.63, 3.8) is 0 Å². The molecule has 0 radical (unpaired) electrons. The summed E-state index contributed by atoms with van der Waals surface area (Å²) < 4.78 is 0. The van der Waals surface area contributed by atoms with Gasteiger partial charge in [-0.25, -0.2) is 0 Å². The summed E-state index contributed by atoms with van der Waals surface area (Å²) in [6.07, 6.45) is 2.73. The molecule has 2 aliphatic rings. The van der Waals surface area contributed by atoms with Crippen LogP contribution in [0.5, 0.6) is 0 Å². The molecule has 0 amide bonds. The van der Waals surface area contributed by atoms with Crippen LogP contribution >= 0.6 is 0 Å². The molecule has 2 atom stereocenters. The normalized spacial score (nSPS) is 34.0. The van der Waals surface area contributed by atoms with E-state index in [1.807, 2.05) is 0 Å². The van der Waals surface area contributed by atoms with Crippen molar-refractivity contribution in [1.29, 1.82) is 0 Å². The fourth-order valence-corrected chi connectivity index (χ4v) is 3.79. The molecule has 2 aliphatic heterocycles. The van der Waals surface area contributed by atoms with Crippen LogP contribution in [0.15, 0.2) is 0 Å². The Morgan fingerprint density at radius 3 is 2.72 bits per heavy atom. The van der Waals surface area contributed by atoms with E-state index in [0.717, 1.165) is 11.8 Å². The first-order chi connectivity index (χ1) is 8.52. The molecule has 0 spiro atoms. The molecule has 2 saturated heterocycles. The van der Waals surface area contributed by atoms with Crippen molar-refractivity contribution in [2.75, 3.05) is 53.4 Å². The first kappa shape index (κ1) is 14.3. The Morgan fingerprint density at radius 2 is 2.22 bits per heavy atom. The summed E-state index contributed by atoms with van der Waals surface area (Å²) in [7, 11) is 4.57. The number of rotatable bonds is 5. The Labute approximate surface area is 113 Å². The van der Waals surface area contributed by atoms with Crippen molar-refractivity contribution >= 4 is 0 Å². The van der Waals surface area contributed by atoms with Gasteiger partial charge in [-0.05, 0) is 57.3 Å². The second kappa shape index (κ2) is 5.89. The Hall–Kier alpha value is -0.120. The van der Waals surface area contributed by atoms with E-state index in [1.54, 1.807) is 0 Å². The van der Waals surface area contributed by atoms with Crippen molar-refractivity contribution in [1.82, 2.24) is 15.1 Å². The van der Waals surface area contributed by atoms with Crippen molar-refractivity contribution in [2.45, 2.75) is 26.7 Å². The zero-order valence-corrected chi connectivity index (χ0v) is 12.7. The highest BCUT2D eigenvalue weighted by Gasteiger charge is 2.38. The summed E-state index contributed by atoms with van der Waals surface area (Å²) in [5.74, 6) is 1.67. The Morgan fingerprint density at radius 1 is 1.44 bits per heavy atom. The quantitative estimate of drug-likeness (QED) is 0.801. The first-order valence-electron chi connectivity index (χ1n) is 7.60. The molecule has 3 heteroatoms. The molecule has 18 heavy (non-hydrogen) atoms. The monoisotopic (exact) mass is 253 g/mol. The highest BCUT2D eigenvalue weighted by Crippen LogP contribution is 2.35. The fourth-order valence-electron chi connectivity index (χ4n) is 3.79. The summed E-state index contributed by atoms with van der Waals surface area (Å²) in [5, 5.41) is 3.57. The summed E-state index contributed by atoms with van der Waals surface area (Å²) in [4.78, 5) is 5.06. The highest BCUT2D eigenvalue weighted by molar-refractivity contribution is 4.92. The topological polar surface area (TPSA) is 18.5 Å². The molecule has 1 N–H and O–H groups in total. The summed E-state index contributed by atoms with van der Waals surface area (Å²) in [5.41, 5.74) is 0.513. The van der Waals surface area contributed by atoms with Gasteiger partial charge < -0.3 is 15.1 Å². The van der Waals surface area contributed by atoms with Gasteiger partial charge in [0.1, 0.15) is 0 Å². The first-order valence-corrected chi connectivity index (χ1v) is 7.60. The highest BCUT2D eigenvalue weighted by atomic mass is 15.2. The van der Waals surface area contributed by atoms with Gasteiger partial charge in [-0.1, -0.05) is 13.8 Å². The molecule has 0 aliphatic carbocycles. The molecular weight excluding hydrogens is 222 g/mol. The van der Waals surface area contributed by atoms with Crippen LogP contribution in [-0.4, -0.2) is 63.2 Å². The fraction of sp³-hybridized carbons (Fsp3) is 1.00. The Bertz CT molecular complexity index is 258. The lowest BCUT2D eigenvalue weighted by Gasteiger charge is -2.37. The molecule has 2 fully saturated rings. The number of hydrogen-bond donors (Lipinski definition) is 1.